The molecule has 0 saturated heterocycles. The molecule has 1 atom stereocenters. The SMILES string of the molecule is COc1ccc(CCNC2CCCc3c2cnn3C)cc1OC(F)F. The van der Waals surface area contributed by atoms with Gasteiger partial charge in [0.15, 0.2) is 11.5 Å². The number of methoxy groups -OCH3 is 1. The largest absolute Gasteiger partial charge is 0.493 e. The highest BCUT2D eigenvalue weighted by Gasteiger charge is 2.22. The molecule has 1 heterocycles. The van der Waals surface area contributed by atoms with Crippen LogP contribution in [-0.2, 0) is 19.9 Å². The number of alkyl halides is 2. The number of halogens is 2. The lowest BCUT2D eigenvalue weighted by atomic mass is 9.93. The zero-order valence-corrected chi connectivity index (χ0v) is 14.5. The van der Waals surface area contributed by atoms with E-state index in [0.717, 1.165) is 37.8 Å². The lowest BCUT2D eigenvalue weighted by Crippen LogP contribution is -2.27. The molecule has 5 nitrogen and oxygen atoms in total. The van der Waals surface area contributed by atoms with Gasteiger partial charge in [-0.1, -0.05) is 6.07 Å². The second kappa shape index (κ2) is 7.82. The number of aryl methyl sites for hydroxylation is 1. The predicted molar refractivity (Wildman–Crippen MR) is 90.2 cm³/mol. The molecular formula is C18H23F2N3O2. The quantitative estimate of drug-likeness (QED) is 0.832. The van der Waals surface area contributed by atoms with Crippen LogP contribution >= 0.6 is 0 Å². The van der Waals surface area contributed by atoms with Gasteiger partial charge in [0.05, 0.1) is 13.3 Å². The first-order valence-corrected chi connectivity index (χ1v) is 8.44. The van der Waals surface area contributed by atoms with Crippen molar-refractivity contribution in [1.82, 2.24) is 15.1 Å². The molecule has 25 heavy (non-hydrogen) atoms. The summed E-state index contributed by atoms with van der Waals surface area (Å²) in [7, 11) is 3.41. The Labute approximate surface area is 145 Å². The van der Waals surface area contributed by atoms with Crippen molar-refractivity contribution in [2.24, 2.45) is 7.05 Å². The Bertz CT molecular complexity index is 718. The van der Waals surface area contributed by atoms with Gasteiger partial charge < -0.3 is 14.8 Å². The van der Waals surface area contributed by atoms with Crippen LogP contribution in [-0.4, -0.2) is 30.0 Å². The van der Waals surface area contributed by atoms with Crippen molar-refractivity contribution in [1.29, 1.82) is 0 Å². The third-order valence-electron chi connectivity index (χ3n) is 4.62. The molecule has 0 amide bonds. The zero-order valence-electron chi connectivity index (χ0n) is 14.5. The van der Waals surface area contributed by atoms with Gasteiger partial charge in [-0.3, -0.25) is 4.68 Å². The second-order valence-corrected chi connectivity index (χ2v) is 6.18. The number of hydrogen-bond donors (Lipinski definition) is 1. The van der Waals surface area contributed by atoms with E-state index in [9.17, 15) is 8.78 Å². The molecule has 1 aromatic carbocycles. The van der Waals surface area contributed by atoms with Crippen molar-refractivity contribution >= 4 is 0 Å². The molecule has 136 valence electrons. The minimum absolute atomic E-state index is 0.0715. The Morgan fingerprint density at radius 3 is 2.96 bits per heavy atom. The molecule has 0 bridgehead atoms. The fourth-order valence-electron chi connectivity index (χ4n) is 3.37. The molecular weight excluding hydrogens is 328 g/mol. The molecule has 1 aliphatic rings. The highest BCUT2D eigenvalue weighted by molar-refractivity contribution is 5.43. The Morgan fingerprint density at radius 1 is 1.36 bits per heavy atom. The fourth-order valence-corrected chi connectivity index (χ4v) is 3.37. The van der Waals surface area contributed by atoms with Gasteiger partial charge in [-0.2, -0.15) is 13.9 Å². The smallest absolute Gasteiger partial charge is 0.387 e. The van der Waals surface area contributed by atoms with Crippen molar-refractivity contribution in [2.45, 2.75) is 38.3 Å². The van der Waals surface area contributed by atoms with Crippen molar-refractivity contribution in [3.05, 3.63) is 41.2 Å². The van der Waals surface area contributed by atoms with Gasteiger partial charge in [0.1, 0.15) is 0 Å². The van der Waals surface area contributed by atoms with E-state index in [0.29, 0.717) is 11.8 Å². The van der Waals surface area contributed by atoms with Gasteiger partial charge >= 0.3 is 6.61 Å². The van der Waals surface area contributed by atoms with E-state index in [1.54, 1.807) is 12.1 Å². The summed E-state index contributed by atoms with van der Waals surface area (Å²) in [6, 6.07) is 5.44. The maximum Gasteiger partial charge on any atom is 0.387 e. The minimum Gasteiger partial charge on any atom is -0.493 e. The standard InChI is InChI=1S/C18H23F2N3O2/c1-23-15-5-3-4-14(13(15)11-22-23)21-9-8-12-6-7-16(24-2)17(10-12)25-18(19)20/h6-7,10-11,14,18,21H,3-5,8-9H2,1-2H3. The Hall–Kier alpha value is -2.15. The Kier molecular flexibility index (Phi) is 5.53. The molecule has 1 N–H and O–H groups in total. The van der Waals surface area contributed by atoms with E-state index in [4.69, 9.17) is 4.74 Å². The van der Waals surface area contributed by atoms with E-state index in [2.05, 4.69) is 15.2 Å². The highest BCUT2D eigenvalue weighted by Crippen LogP contribution is 2.31. The van der Waals surface area contributed by atoms with E-state index in [1.165, 1.54) is 18.4 Å². The molecule has 1 aliphatic carbocycles. The summed E-state index contributed by atoms with van der Waals surface area (Å²) in [4.78, 5) is 0. The van der Waals surface area contributed by atoms with Crippen molar-refractivity contribution in [3.63, 3.8) is 0 Å². The van der Waals surface area contributed by atoms with E-state index >= 15 is 0 Å². The van der Waals surface area contributed by atoms with Crippen LogP contribution in [0.4, 0.5) is 8.78 Å². The fraction of sp³-hybridized carbons (Fsp3) is 0.500. The number of aromatic nitrogens is 2. The minimum atomic E-state index is -2.87. The van der Waals surface area contributed by atoms with Gasteiger partial charge in [0.25, 0.3) is 0 Å². The van der Waals surface area contributed by atoms with Gasteiger partial charge in [0.2, 0.25) is 0 Å². The first-order chi connectivity index (χ1) is 12.1. The van der Waals surface area contributed by atoms with E-state index in [-0.39, 0.29) is 5.75 Å². The molecule has 7 heteroatoms. The second-order valence-electron chi connectivity index (χ2n) is 6.18. The summed E-state index contributed by atoms with van der Waals surface area (Å²) in [6.07, 6.45) is 5.95. The van der Waals surface area contributed by atoms with Gasteiger partial charge in [-0.05, 0) is 49.9 Å². The molecule has 2 aromatic rings. The number of ether oxygens (including phenoxy) is 2. The molecule has 0 spiro atoms. The number of nitrogens with one attached hydrogen (secondary N) is 1. The molecule has 1 unspecified atom stereocenters. The summed E-state index contributed by atoms with van der Waals surface area (Å²) >= 11 is 0. The maximum atomic E-state index is 12.5. The van der Waals surface area contributed by atoms with Crippen LogP contribution < -0.4 is 14.8 Å². The third-order valence-corrected chi connectivity index (χ3v) is 4.62. The third kappa shape index (κ3) is 4.10. The topological polar surface area (TPSA) is 48.3 Å². The summed E-state index contributed by atoms with van der Waals surface area (Å²) in [6.45, 7) is -2.12. The van der Waals surface area contributed by atoms with Crippen molar-refractivity contribution in [2.75, 3.05) is 13.7 Å². The summed E-state index contributed by atoms with van der Waals surface area (Å²) in [5, 5.41) is 7.90. The number of nitrogens with zero attached hydrogens (tertiary/aromatic N) is 2. The molecule has 0 fully saturated rings. The number of fused-ring (bicyclic) bond motifs is 1. The Balaban J connectivity index is 1.61. The Morgan fingerprint density at radius 2 is 2.20 bits per heavy atom. The van der Waals surface area contributed by atoms with Crippen LogP contribution in [0, 0.1) is 0 Å². The lowest BCUT2D eigenvalue weighted by molar-refractivity contribution is -0.0512. The van der Waals surface area contributed by atoms with Gasteiger partial charge in [-0.15, -0.1) is 0 Å². The number of benzene rings is 1. The summed E-state index contributed by atoms with van der Waals surface area (Å²) in [5.74, 6) is 0.381. The van der Waals surface area contributed by atoms with Crippen molar-refractivity contribution < 1.29 is 18.3 Å². The van der Waals surface area contributed by atoms with Crippen LogP contribution in [0.1, 0.15) is 35.7 Å². The normalized spacial score (nSPS) is 16.8. The summed E-state index contributed by atoms with van der Waals surface area (Å²) in [5.41, 5.74) is 3.48. The predicted octanol–water partition coefficient (Wildman–Crippen LogP) is 3.24. The zero-order chi connectivity index (χ0) is 17.8. The van der Waals surface area contributed by atoms with Crippen LogP contribution in [0.5, 0.6) is 11.5 Å². The maximum absolute atomic E-state index is 12.5. The number of hydrogen-bond acceptors (Lipinski definition) is 4. The molecule has 0 aliphatic heterocycles. The average Bonchev–Trinajstić information content (AvgIpc) is 2.97. The van der Waals surface area contributed by atoms with Crippen LogP contribution in [0.25, 0.3) is 0 Å². The average molecular weight is 351 g/mol. The van der Waals surface area contributed by atoms with Crippen LogP contribution in [0.2, 0.25) is 0 Å². The van der Waals surface area contributed by atoms with Crippen molar-refractivity contribution in [3.8, 4) is 11.5 Å². The van der Waals surface area contributed by atoms with Crippen LogP contribution in [0.15, 0.2) is 24.4 Å². The summed E-state index contributed by atoms with van der Waals surface area (Å²) < 4.78 is 36.6. The molecule has 1 aromatic heterocycles. The van der Waals surface area contributed by atoms with Crippen LogP contribution in [0.3, 0.4) is 0 Å². The molecule has 3 rings (SSSR count). The first kappa shape index (κ1) is 17.7. The highest BCUT2D eigenvalue weighted by atomic mass is 19.3. The van der Waals surface area contributed by atoms with E-state index < -0.39 is 6.61 Å². The number of rotatable bonds is 7. The molecule has 0 radical (unpaired) electrons. The monoisotopic (exact) mass is 351 g/mol. The van der Waals surface area contributed by atoms with E-state index in [1.807, 2.05) is 24.0 Å². The van der Waals surface area contributed by atoms with Gasteiger partial charge in [0, 0.05) is 24.3 Å². The lowest BCUT2D eigenvalue weighted by Gasteiger charge is -2.24. The van der Waals surface area contributed by atoms with Gasteiger partial charge in [-0.25, -0.2) is 0 Å². The molecule has 0 saturated carbocycles. The first-order valence-electron chi connectivity index (χ1n) is 8.44.